The summed E-state index contributed by atoms with van der Waals surface area (Å²) >= 11 is -2.56. The van der Waals surface area contributed by atoms with Crippen molar-refractivity contribution in [3.05, 3.63) is 43.8 Å². The predicted molar refractivity (Wildman–Crippen MR) is 65.2 cm³/mol. The number of amides is 2. The molecule has 6 nitrogen and oxygen atoms in total. The first-order chi connectivity index (χ1) is 7.66. The van der Waals surface area contributed by atoms with Crippen LogP contribution in [-0.4, -0.2) is 14.9 Å². The van der Waals surface area contributed by atoms with Crippen molar-refractivity contribution in [2.45, 2.75) is 6.92 Å². The average Bonchev–Trinajstić information content (AvgIpc) is 2.54. The minimum absolute atomic E-state index is 0.347. The third kappa shape index (κ3) is 1.54. The van der Waals surface area contributed by atoms with Crippen LogP contribution in [0.3, 0.4) is 0 Å². The van der Waals surface area contributed by atoms with Crippen molar-refractivity contribution in [3.8, 4) is 0 Å². The minimum atomic E-state index is -2.56. The van der Waals surface area contributed by atoms with Gasteiger partial charge in [0.25, 0.3) is 0 Å². The van der Waals surface area contributed by atoms with E-state index < -0.39 is 20.4 Å². The van der Waals surface area contributed by atoms with E-state index in [4.69, 9.17) is 5.53 Å². The van der Waals surface area contributed by atoms with Gasteiger partial charge in [-0.2, -0.15) is 0 Å². The molecule has 0 fully saturated rings. The van der Waals surface area contributed by atoms with E-state index in [1.54, 1.807) is 24.3 Å². The van der Waals surface area contributed by atoms with E-state index in [0.717, 1.165) is 6.68 Å². The van der Waals surface area contributed by atoms with Crippen molar-refractivity contribution in [2.24, 2.45) is 3.33 Å². The quantitative estimate of drug-likeness (QED) is 0.260. The number of hydrogen-bond acceptors (Lipinski definition) is 3. The van der Waals surface area contributed by atoms with Gasteiger partial charge in [-0.15, -0.1) is 0 Å². The van der Waals surface area contributed by atoms with Gasteiger partial charge in [-0.05, 0) is 0 Å². The van der Waals surface area contributed by atoms with Gasteiger partial charge in [0.1, 0.15) is 0 Å². The summed E-state index contributed by atoms with van der Waals surface area (Å²) in [6, 6.07) is 6.89. The molecule has 1 aliphatic heterocycles. The van der Waals surface area contributed by atoms with Crippen molar-refractivity contribution >= 4 is 32.2 Å². The van der Waals surface area contributed by atoms with Gasteiger partial charge in [0.2, 0.25) is 0 Å². The molecule has 1 aliphatic rings. The first-order valence-electron chi connectivity index (χ1n) is 4.36. The first-order valence-corrected chi connectivity index (χ1v) is 7.37. The summed E-state index contributed by atoms with van der Waals surface area (Å²) in [5, 5.41) is 0. The van der Waals surface area contributed by atoms with Gasteiger partial charge in [0, 0.05) is 0 Å². The second-order valence-electron chi connectivity index (χ2n) is 2.99. The number of benzene rings is 1. The zero-order chi connectivity index (χ0) is 11.7. The first kappa shape index (κ1) is 10.9. The molecular weight excluding hydrogens is 323 g/mol. The fourth-order valence-electron chi connectivity index (χ4n) is 1.41. The van der Waals surface area contributed by atoms with Gasteiger partial charge in [0.15, 0.2) is 0 Å². The molecule has 16 heavy (non-hydrogen) atoms. The number of fused-ring (bicyclic) bond motifs is 1. The summed E-state index contributed by atoms with van der Waals surface area (Å²) in [5.74, 6) is -0.709. The molecule has 1 heterocycles. The summed E-state index contributed by atoms with van der Waals surface area (Å²) in [5.41, 5.74) is 8.97. The van der Waals surface area contributed by atoms with Gasteiger partial charge >= 0.3 is 99.0 Å². The standard InChI is InChI=1S/C9H7IN4O2/c1-6(15)14-9(16)7-4-2-3-5-8(7)10(14)12-13-11/h2-5H,1H3. The molecule has 0 aliphatic carbocycles. The molecule has 2 rings (SSSR count). The van der Waals surface area contributed by atoms with Gasteiger partial charge in [-0.25, -0.2) is 0 Å². The number of halogens is 1. The number of carbonyl (C=O) groups excluding carboxylic acids is 2. The van der Waals surface area contributed by atoms with Gasteiger partial charge in [0.05, 0.1) is 0 Å². The van der Waals surface area contributed by atoms with Crippen LogP contribution in [0.15, 0.2) is 27.6 Å². The molecule has 1 aromatic carbocycles. The van der Waals surface area contributed by atoms with Crippen LogP contribution < -0.4 is 0 Å². The van der Waals surface area contributed by atoms with Crippen molar-refractivity contribution < 1.29 is 9.59 Å². The van der Waals surface area contributed by atoms with Gasteiger partial charge in [-0.1, -0.05) is 0 Å². The van der Waals surface area contributed by atoms with Crippen LogP contribution in [0.1, 0.15) is 17.3 Å². The third-order valence-corrected chi connectivity index (χ3v) is 6.62. The molecule has 82 valence electrons. The Kier molecular flexibility index (Phi) is 2.80. The molecule has 0 spiro atoms. The van der Waals surface area contributed by atoms with Crippen LogP contribution in [-0.2, 0) is 4.79 Å². The number of imide groups is 1. The molecule has 0 aromatic heterocycles. The molecule has 0 saturated heterocycles. The van der Waals surface area contributed by atoms with Crippen molar-refractivity contribution in [1.82, 2.24) is 3.11 Å². The zero-order valence-electron chi connectivity index (χ0n) is 8.29. The molecule has 0 radical (unpaired) electrons. The maximum atomic E-state index is 11.9. The van der Waals surface area contributed by atoms with Crippen LogP contribution in [0.4, 0.5) is 0 Å². The van der Waals surface area contributed by atoms with Gasteiger partial charge < -0.3 is 0 Å². The summed E-state index contributed by atoms with van der Waals surface area (Å²) in [6.07, 6.45) is 0. The Balaban J connectivity index is 2.60. The van der Waals surface area contributed by atoms with Crippen LogP contribution in [0.2, 0.25) is 0 Å². The Bertz CT molecular complexity index is 524. The van der Waals surface area contributed by atoms with Gasteiger partial charge in [-0.3, -0.25) is 0 Å². The van der Waals surface area contributed by atoms with E-state index in [1.807, 2.05) is 0 Å². The fourth-order valence-corrected chi connectivity index (χ4v) is 5.32. The van der Waals surface area contributed by atoms with Crippen LogP contribution >= 0.6 is 20.4 Å². The SMILES string of the molecule is CC(=O)N1C(=O)c2ccccc2I1N=[N+]=[N-]. The Morgan fingerprint density at radius 2 is 2.19 bits per heavy atom. The third-order valence-electron chi connectivity index (χ3n) is 2.01. The summed E-state index contributed by atoms with van der Waals surface area (Å²) in [6.45, 7) is 1.31. The van der Waals surface area contributed by atoms with Crippen LogP contribution in [0, 0.1) is 3.57 Å². The molecule has 2 amide bonds. The number of hydrogen-bond donors (Lipinski definition) is 0. The number of nitrogens with zero attached hydrogens (tertiary/aromatic N) is 4. The summed E-state index contributed by atoms with van der Waals surface area (Å²) in [4.78, 5) is 26.0. The van der Waals surface area contributed by atoms with Crippen LogP contribution in [0.5, 0.6) is 0 Å². The van der Waals surface area contributed by atoms with Crippen molar-refractivity contribution in [1.29, 1.82) is 0 Å². The Labute approximate surface area is 99.0 Å². The fraction of sp³-hybridized carbons (Fsp3) is 0.111. The molecule has 0 bridgehead atoms. The normalized spacial score (nSPS) is 15.7. The molecule has 0 unspecified atom stereocenters. The van der Waals surface area contributed by atoms with Crippen molar-refractivity contribution in [3.63, 3.8) is 0 Å². The molecular formula is C9H7IN4O2. The zero-order valence-corrected chi connectivity index (χ0v) is 10.5. The predicted octanol–water partition coefficient (Wildman–Crippen LogP) is 2.51. The van der Waals surface area contributed by atoms with E-state index in [9.17, 15) is 9.59 Å². The molecule has 0 atom stereocenters. The van der Waals surface area contributed by atoms with E-state index in [-0.39, 0.29) is 11.8 Å². The molecule has 1 aromatic rings. The molecule has 0 N–H and O–H groups in total. The Morgan fingerprint density at radius 3 is 2.81 bits per heavy atom. The molecule has 7 heteroatoms. The number of azide groups is 1. The number of rotatable bonds is 1. The van der Waals surface area contributed by atoms with Crippen molar-refractivity contribution in [2.75, 3.05) is 0 Å². The monoisotopic (exact) mass is 330 g/mol. The summed E-state index contributed by atoms with van der Waals surface area (Å²) in [7, 11) is 0. The average molecular weight is 330 g/mol. The second kappa shape index (κ2) is 4.11. The van der Waals surface area contributed by atoms with Crippen LogP contribution in [0.25, 0.3) is 10.4 Å². The van der Waals surface area contributed by atoms with E-state index in [0.29, 0.717) is 5.56 Å². The summed E-state index contributed by atoms with van der Waals surface area (Å²) < 4.78 is 5.49. The Hall–Kier alpha value is -1.60. The van der Waals surface area contributed by atoms with E-state index in [2.05, 4.69) is 8.24 Å². The maximum absolute atomic E-state index is 11.9. The second-order valence-corrected chi connectivity index (χ2v) is 6.95. The number of carbonyl (C=O) groups is 2. The van der Waals surface area contributed by atoms with E-state index >= 15 is 0 Å². The van der Waals surface area contributed by atoms with E-state index in [1.165, 1.54) is 6.92 Å². The molecule has 0 saturated carbocycles. The Morgan fingerprint density at radius 1 is 1.50 bits per heavy atom. The topological polar surface area (TPSA) is 86.1 Å².